The van der Waals surface area contributed by atoms with Crippen LogP contribution in [0.1, 0.15) is 39.6 Å². The van der Waals surface area contributed by atoms with Crippen LogP contribution in [0.4, 0.5) is 19.0 Å². The van der Waals surface area contributed by atoms with Crippen molar-refractivity contribution in [3.8, 4) is 5.75 Å². The molecule has 0 bridgehead atoms. The van der Waals surface area contributed by atoms with Crippen molar-refractivity contribution in [2.45, 2.75) is 32.1 Å². The number of aromatic amines is 1. The third-order valence-electron chi connectivity index (χ3n) is 6.53. The van der Waals surface area contributed by atoms with E-state index in [4.69, 9.17) is 16.2 Å². The predicted molar refractivity (Wildman–Crippen MR) is 127 cm³/mol. The van der Waals surface area contributed by atoms with Crippen LogP contribution >= 0.6 is 0 Å². The Bertz CT molecular complexity index is 1230. The summed E-state index contributed by atoms with van der Waals surface area (Å²) in [7, 11) is 1.62. The molecule has 1 amide bonds. The lowest BCUT2D eigenvalue weighted by atomic mass is 10.0. The van der Waals surface area contributed by atoms with E-state index in [0.717, 1.165) is 27.8 Å². The van der Waals surface area contributed by atoms with Crippen LogP contribution in [0.3, 0.4) is 0 Å². The van der Waals surface area contributed by atoms with Gasteiger partial charge in [-0.15, -0.1) is 0 Å². The summed E-state index contributed by atoms with van der Waals surface area (Å²) in [5.74, 6) is 0.0563. The molecule has 0 radical (unpaired) electrons. The fourth-order valence-corrected chi connectivity index (χ4v) is 4.70. The lowest BCUT2D eigenvalue weighted by Crippen LogP contribution is -2.49. The zero-order chi connectivity index (χ0) is 25.3. The number of aromatic nitrogens is 2. The summed E-state index contributed by atoms with van der Waals surface area (Å²) in [6.45, 7) is 3.73. The highest BCUT2D eigenvalue weighted by atomic mass is 19.4. The molecule has 11 heteroatoms. The Hall–Kier alpha value is -3.31. The number of nitrogens with two attached hydrogens (primary N) is 2. The largest absolute Gasteiger partial charge is 0.496 e. The van der Waals surface area contributed by atoms with E-state index in [1.54, 1.807) is 18.1 Å². The van der Waals surface area contributed by atoms with Gasteiger partial charge in [0.15, 0.2) is 0 Å². The van der Waals surface area contributed by atoms with Crippen molar-refractivity contribution < 1.29 is 22.7 Å². The SMILES string of the molecule is COc1cc(C)c2[nH]ccc2c1CN1CCN(CCC(F)(F)F)C[C@@H]1c1ccc(C(N)=O)c(N)n1. The van der Waals surface area contributed by atoms with Gasteiger partial charge < -0.3 is 21.2 Å². The molecule has 0 unspecified atom stereocenters. The number of anilines is 1. The number of methoxy groups -OCH3 is 1. The average molecular weight is 491 g/mol. The number of halogens is 3. The van der Waals surface area contributed by atoms with Gasteiger partial charge in [-0.05, 0) is 36.8 Å². The van der Waals surface area contributed by atoms with E-state index in [-0.39, 0.29) is 24.0 Å². The zero-order valence-corrected chi connectivity index (χ0v) is 19.7. The molecule has 0 aliphatic carbocycles. The second kappa shape index (κ2) is 9.74. The molecule has 1 aliphatic heterocycles. The number of nitrogen functional groups attached to an aromatic ring is 1. The summed E-state index contributed by atoms with van der Waals surface area (Å²) >= 11 is 0. The first-order valence-electron chi connectivity index (χ1n) is 11.3. The molecule has 0 spiro atoms. The van der Waals surface area contributed by atoms with Crippen LogP contribution in [0.25, 0.3) is 10.9 Å². The number of carbonyl (C=O) groups excluding carboxylic acids is 1. The van der Waals surface area contributed by atoms with Crippen molar-refractivity contribution in [1.29, 1.82) is 0 Å². The number of H-pyrrole nitrogens is 1. The average Bonchev–Trinajstić information content (AvgIpc) is 3.30. The Morgan fingerprint density at radius 3 is 2.71 bits per heavy atom. The number of amides is 1. The van der Waals surface area contributed by atoms with Crippen LogP contribution in [0, 0.1) is 6.92 Å². The number of piperazine rings is 1. The van der Waals surface area contributed by atoms with Gasteiger partial charge in [0, 0.05) is 55.4 Å². The highest BCUT2D eigenvalue weighted by Gasteiger charge is 2.34. The molecule has 1 fully saturated rings. The van der Waals surface area contributed by atoms with Crippen LogP contribution in [0.15, 0.2) is 30.5 Å². The smallest absolute Gasteiger partial charge is 0.390 e. The third-order valence-corrected chi connectivity index (χ3v) is 6.53. The molecule has 0 saturated carbocycles. The first-order chi connectivity index (χ1) is 16.6. The van der Waals surface area contributed by atoms with Crippen molar-refractivity contribution in [2.75, 3.05) is 39.0 Å². The van der Waals surface area contributed by atoms with Crippen LogP contribution in [0.2, 0.25) is 0 Å². The lowest BCUT2D eigenvalue weighted by Gasteiger charge is -2.41. The number of hydrogen-bond acceptors (Lipinski definition) is 6. The standard InChI is InChI=1S/C24H29F3N6O2/c1-14-11-20(35-2)17(15-5-7-30-21(14)15)12-33-10-9-32(8-6-24(25,26)27)13-19(33)18-4-3-16(23(29)34)22(28)31-18/h3-5,7,11,19,30H,6,8-10,12-13H2,1-2H3,(H2,28,31)(H2,29,34)/t19-/m1/s1. The van der Waals surface area contributed by atoms with Gasteiger partial charge in [0.2, 0.25) is 0 Å². The highest BCUT2D eigenvalue weighted by Crippen LogP contribution is 2.35. The van der Waals surface area contributed by atoms with Crippen LogP contribution in [-0.2, 0) is 6.54 Å². The Morgan fingerprint density at radius 2 is 2.06 bits per heavy atom. The summed E-state index contributed by atoms with van der Waals surface area (Å²) in [5, 5.41) is 1.02. The number of carbonyl (C=O) groups is 1. The predicted octanol–water partition coefficient (Wildman–Crippen LogP) is 3.37. The molecule has 8 nitrogen and oxygen atoms in total. The lowest BCUT2D eigenvalue weighted by molar-refractivity contribution is -0.139. The molecule has 2 aromatic heterocycles. The number of rotatable bonds is 7. The van der Waals surface area contributed by atoms with Crippen molar-refractivity contribution >= 4 is 22.6 Å². The Labute approximate surface area is 201 Å². The summed E-state index contributed by atoms with van der Waals surface area (Å²) < 4.78 is 44.3. The van der Waals surface area contributed by atoms with Crippen molar-refractivity contribution in [3.63, 3.8) is 0 Å². The normalized spacial score (nSPS) is 17.7. The molecule has 188 valence electrons. The number of nitrogens with one attached hydrogen (secondary N) is 1. The number of ether oxygens (including phenoxy) is 1. The maximum Gasteiger partial charge on any atom is 0.390 e. The number of pyridine rings is 1. The maximum atomic E-state index is 12.9. The van der Waals surface area contributed by atoms with Crippen LogP contribution < -0.4 is 16.2 Å². The van der Waals surface area contributed by atoms with E-state index in [9.17, 15) is 18.0 Å². The van der Waals surface area contributed by atoms with Gasteiger partial charge in [-0.1, -0.05) is 0 Å². The summed E-state index contributed by atoms with van der Waals surface area (Å²) in [6, 6.07) is 6.80. The second-order valence-corrected chi connectivity index (χ2v) is 8.83. The van der Waals surface area contributed by atoms with E-state index in [2.05, 4.69) is 14.9 Å². The number of benzene rings is 1. The van der Waals surface area contributed by atoms with E-state index in [0.29, 0.717) is 31.9 Å². The zero-order valence-electron chi connectivity index (χ0n) is 19.7. The van der Waals surface area contributed by atoms with Gasteiger partial charge in [0.05, 0.1) is 30.8 Å². The van der Waals surface area contributed by atoms with Crippen LogP contribution in [-0.4, -0.2) is 65.1 Å². The first kappa shape index (κ1) is 24.8. The number of nitrogens with zero attached hydrogens (tertiary/aromatic N) is 3. The number of hydrogen-bond donors (Lipinski definition) is 3. The van der Waals surface area contributed by atoms with Gasteiger partial charge in [0.1, 0.15) is 11.6 Å². The Kier molecular flexibility index (Phi) is 6.91. The van der Waals surface area contributed by atoms with Gasteiger partial charge in [-0.3, -0.25) is 14.6 Å². The molecular weight excluding hydrogens is 461 g/mol. The van der Waals surface area contributed by atoms with Crippen molar-refractivity contribution in [3.05, 3.63) is 52.8 Å². The minimum Gasteiger partial charge on any atom is -0.496 e. The van der Waals surface area contributed by atoms with Crippen molar-refractivity contribution in [1.82, 2.24) is 19.8 Å². The van der Waals surface area contributed by atoms with E-state index >= 15 is 0 Å². The summed E-state index contributed by atoms with van der Waals surface area (Å²) in [6.07, 6.45) is -3.24. The maximum absolute atomic E-state index is 12.9. The Balaban J connectivity index is 1.68. The Morgan fingerprint density at radius 1 is 1.29 bits per heavy atom. The number of primary amides is 1. The molecule has 1 aromatic carbocycles. The quantitative estimate of drug-likeness (QED) is 0.468. The molecule has 3 aromatic rings. The number of fused-ring (bicyclic) bond motifs is 1. The molecule has 35 heavy (non-hydrogen) atoms. The third kappa shape index (κ3) is 5.35. The molecule has 3 heterocycles. The minimum atomic E-state index is -4.23. The fourth-order valence-electron chi connectivity index (χ4n) is 4.70. The molecule has 1 atom stereocenters. The van der Waals surface area contributed by atoms with Crippen LogP contribution in [0.5, 0.6) is 5.75 Å². The minimum absolute atomic E-state index is 0.00306. The summed E-state index contributed by atoms with van der Waals surface area (Å²) in [4.78, 5) is 23.2. The first-order valence-corrected chi connectivity index (χ1v) is 11.3. The highest BCUT2D eigenvalue weighted by molar-refractivity contribution is 5.97. The fraction of sp³-hybridized carbons (Fsp3) is 0.417. The van der Waals surface area contributed by atoms with E-state index < -0.39 is 18.5 Å². The molecule has 4 rings (SSSR count). The molecule has 1 saturated heterocycles. The van der Waals surface area contributed by atoms with Gasteiger partial charge in [-0.25, -0.2) is 4.98 Å². The number of alkyl halides is 3. The van der Waals surface area contributed by atoms with Gasteiger partial charge >= 0.3 is 6.18 Å². The number of aryl methyl sites for hydroxylation is 1. The van der Waals surface area contributed by atoms with Gasteiger partial charge in [-0.2, -0.15) is 13.2 Å². The van der Waals surface area contributed by atoms with Crippen molar-refractivity contribution in [2.24, 2.45) is 5.73 Å². The van der Waals surface area contributed by atoms with Gasteiger partial charge in [0.25, 0.3) is 5.91 Å². The molecule has 1 aliphatic rings. The summed E-state index contributed by atoms with van der Waals surface area (Å²) in [5.41, 5.74) is 15.1. The molecular formula is C24H29F3N6O2. The topological polar surface area (TPSA) is 114 Å². The van der Waals surface area contributed by atoms with E-state index in [1.807, 2.05) is 25.3 Å². The second-order valence-electron chi connectivity index (χ2n) is 8.83. The van der Waals surface area contributed by atoms with E-state index in [1.165, 1.54) is 6.07 Å². The molecule has 5 N–H and O–H groups in total. The monoisotopic (exact) mass is 490 g/mol.